The van der Waals surface area contributed by atoms with E-state index in [4.69, 9.17) is 0 Å². The molecule has 0 saturated carbocycles. The lowest BCUT2D eigenvalue weighted by Gasteiger charge is -2.26. The summed E-state index contributed by atoms with van der Waals surface area (Å²) in [6.07, 6.45) is 0.438. The minimum Gasteiger partial charge on any atom is -0.358 e. The van der Waals surface area contributed by atoms with Gasteiger partial charge in [-0.1, -0.05) is 55.0 Å². The van der Waals surface area contributed by atoms with Crippen molar-refractivity contribution in [3.63, 3.8) is 0 Å². The number of imide groups is 1. The third kappa shape index (κ3) is 4.56. The van der Waals surface area contributed by atoms with E-state index < -0.39 is 23.4 Å². The number of nitrogens with one attached hydrogen (secondary N) is 2. The molecular formula is C22H26N4O3. The molecule has 7 heteroatoms. The molecule has 1 aliphatic rings. The molecule has 2 aromatic carbocycles. The van der Waals surface area contributed by atoms with Crippen LogP contribution in [0.25, 0.3) is 0 Å². The molecule has 1 fully saturated rings. The second-order valence-corrected chi connectivity index (χ2v) is 7.47. The quantitative estimate of drug-likeness (QED) is 0.708. The summed E-state index contributed by atoms with van der Waals surface area (Å²) in [4.78, 5) is 39.3. The van der Waals surface area contributed by atoms with E-state index in [0.717, 1.165) is 21.8 Å². The summed E-state index contributed by atoms with van der Waals surface area (Å²) in [5, 5.41) is 3.40. The Labute approximate surface area is 170 Å². The molecule has 7 nitrogen and oxygen atoms in total. The highest BCUT2D eigenvalue weighted by atomic mass is 16.2. The van der Waals surface area contributed by atoms with Gasteiger partial charge in [0.05, 0.1) is 6.54 Å². The van der Waals surface area contributed by atoms with Gasteiger partial charge in [0.25, 0.3) is 11.8 Å². The standard InChI is InChI=1S/C22H26N4O3/c1-4-22(3)20(28)26(21(29)23-22)24-19(27)15-25(14-17-8-6-5-7-9-17)18-12-10-16(2)11-13-18/h5-13H,4,14-15H2,1-3H3,(H,23,29)(H,24,27). The number of rotatable bonds is 7. The van der Waals surface area contributed by atoms with Gasteiger partial charge in [-0.05, 0) is 38.0 Å². The number of anilines is 1. The molecule has 1 unspecified atom stereocenters. The fraction of sp³-hybridized carbons (Fsp3) is 0.318. The van der Waals surface area contributed by atoms with Crippen molar-refractivity contribution >= 4 is 23.5 Å². The van der Waals surface area contributed by atoms with Crippen LogP contribution in [0.15, 0.2) is 54.6 Å². The zero-order valence-corrected chi connectivity index (χ0v) is 16.9. The van der Waals surface area contributed by atoms with E-state index in [9.17, 15) is 14.4 Å². The molecule has 2 N–H and O–H groups in total. The summed E-state index contributed by atoms with van der Waals surface area (Å²) in [5.41, 5.74) is 4.51. The largest absolute Gasteiger partial charge is 0.358 e. The summed E-state index contributed by atoms with van der Waals surface area (Å²) in [6, 6.07) is 17.1. The van der Waals surface area contributed by atoms with E-state index in [-0.39, 0.29) is 6.54 Å². The Balaban J connectivity index is 1.75. The Kier molecular flexibility index (Phi) is 5.87. The molecule has 29 heavy (non-hydrogen) atoms. The maximum atomic E-state index is 12.7. The first-order valence-electron chi connectivity index (χ1n) is 9.64. The highest BCUT2D eigenvalue weighted by Crippen LogP contribution is 2.20. The van der Waals surface area contributed by atoms with Gasteiger partial charge < -0.3 is 10.2 Å². The molecule has 1 saturated heterocycles. The van der Waals surface area contributed by atoms with Gasteiger partial charge in [0.15, 0.2) is 0 Å². The third-order valence-electron chi connectivity index (χ3n) is 5.15. The maximum absolute atomic E-state index is 12.7. The van der Waals surface area contributed by atoms with Crippen LogP contribution in [0.1, 0.15) is 31.4 Å². The molecule has 4 amide bonds. The Morgan fingerprint density at radius 2 is 1.76 bits per heavy atom. The van der Waals surface area contributed by atoms with E-state index in [2.05, 4.69) is 10.7 Å². The molecule has 0 aliphatic carbocycles. The van der Waals surface area contributed by atoms with Crippen LogP contribution in [0.4, 0.5) is 10.5 Å². The monoisotopic (exact) mass is 394 g/mol. The Morgan fingerprint density at radius 3 is 2.34 bits per heavy atom. The molecule has 1 aliphatic heterocycles. The van der Waals surface area contributed by atoms with Crippen molar-refractivity contribution in [1.82, 2.24) is 15.8 Å². The van der Waals surface area contributed by atoms with Crippen LogP contribution in [-0.4, -0.2) is 34.9 Å². The van der Waals surface area contributed by atoms with Crippen LogP contribution in [0.3, 0.4) is 0 Å². The van der Waals surface area contributed by atoms with Gasteiger partial charge in [-0.3, -0.25) is 15.0 Å². The number of amides is 4. The summed E-state index contributed by atoms with van der Waals surface area (Å²) < 4.78 is 0. The first-order chi connectivity index (χ1) is 13.8. The number of carbonyl (C=O) groups is 3. The summed E-state index contributed by atoms with van der Waals surface area (Å²) in [6.45, 7) is 5.97. The highest BCUT2D eigenvalue weighted by Gasteiger charge is 2.47. The molecule has 3 rings (SSSR count). The van der Waals surface area contributed by atoms with Gasteiger partial charge in [0.2, 0.25) is 0 Å². The lowest BCUT2D eigenvalue weighted by atomic mass is 10.00. The summed E-state index contributed by atoms with van der Waals surface area (Å²) in [7, 11) is 0. The number of nitrogens with zero attached hydrogens (tertiary/aromatic N) is 2. The molecule has 1 heterocycles. The van der Waals surface area contributed by atoms with Crippen molar-refractivity contribution in [2.75, 3.05) is 11.4 Å². The van der Waals surface area contributed by atoms with Gasteiger partial charge in [0, 0.05) is 12.2 Å². The van der Waals surface area contributed by atoms with Crippen molar-refractivity contribution in [2.24, 2.45) is 0 Å². The van der Waals surface area contributed by atoms with Crippen LogP contribution in [-0.2, 0) is 16.1 Å². The van der Waals surface area contributed by atoms with Crippen molar-refractivity contribution in [1.29, 1.82) is 0 Å². The van der Waals surface area contributed by atoms with Crippen molar-refractivity contribution < 1.29 is 14.4 Å². The molecule has 0 radical (unpaired) electrons. The van der Waals surface area contributed by atoms with E-state index in [1.807, 2.05) is 73.3 Å². The highest BCUT2D eigenvalue weighted by molar-refractivity contribution is 6.07. The minimum atomic E-state index is -0.995. The fourth-order valence-electron chi connectivity index (χ4n) is 3.16. The average molecular weight is 394 g/mol. The smallest absolute Gasteiger partial charge is 0.344 e. The Hall–Kier alpha value is -3.35. The van der Waals surface area contributed by atoms with Crippen molar-refractivity contribution in [3.8, 4) is 0 Å². The molecule has 0 aromatic heterocycles. The first kappa shape index (κ1) is 20.4. The number of hydrogen-bond acceptors (Lipinski definition) is 4. The Bertz CT molecular complexity index is 898. The van der Waals surface area contributed by atoms with Gasteiger partial charge in [-0.2, -0.15) is 5.01 Å². The van der Waals surface area contributed by atoms with Gasteiger partial charge in [0.1, 0.15) is 5.54 Å². The van der Waals surface area contributed by atoms with E-state index in [0.29, 0.717) is 13.0 Å². The molecule has 152 valence electrons. The van der Waals surface area contributed by atoms with E-state index in [1.165, 1.54) is 0 Å². The lowest BCUT2D eigenvalue weighted by Crippen LogP contribution is -2.51. The van der Waals surface area contributed by atoms with E-state index >= 15 is 0 Å². The third-order valence-corrected chi connectivity index (χ3v) is 5.15. The normalized spacial score (nSPS) is 18.5. The number of benzene rings is 2. The van der Waals surface area contributed by atoms with Crippen molar-refractivity contribution in [2.45, 2.75) is 39.3 Å². The zero-order valence-electron chi connectivity index (χ0n) is 16.9. The maximum Gasteiger partial charge on any atom is 0.344 e. The average Bonchev–Trinajstić information content (AvgIpc) is 2.92. The lowest BCUT2D eigenvalue weighted by molar-refractivity contribution is -0.138. The minimum absolute atomic E-state index is 0.00213. The van der Waals surface area contributed by atoms with Gasteiger partial charge in [-0.25, -0.2) is 4.79 Å². The molecule has 2 aromatic rings. The van der Waals surface area contributed by atoms with Gasteiger partial charge in [-0.15, -0.1) is 0 Å². The number of hydrazine groups is 1. The molecule has 0 bridgehead atoms. The number of hydrogen-bond donors (Lipinski definition) is 2. The zero-order chi connectivity index (χ0) is 21.0. The predicted octanol–water partition coefficient (Wildman–Crippen LogP) is 2.75. The summed E-state index contributed by atoms with van der Waals surface area (Å²) >= 11 is 0. The van der Waals surface area contributed by atoms with Crippen LogP contribution < -0.4 is 15.6 Å². The second kappa shape index (κ2) is 8.34. The molecule has 0 spiro atoms. The van der Waals surface area contributed by atoms with E-state index in [1.54, 1.807) is 6.92 Å². The van der Waals surface area contributed by atoms with Crippen LogP contribution in [0.2, 0.25) is 0 Å². The summed E-state index contributed by atoms with van der Waals surface area (Å²) in [5.74, 6) is -0.895. The van der Waals surface area contributed by atoms with Crippen LogP contribution in [0.5, 0.6) is 0 Å². The van der Waals surface area contributed by atoms with Gasteiger partial charge >= 0.3 is 6.03 Å². The van der Waals surface area contributed by atoms with Crippen molar-refractivity contribution in [3.05, 3.63) is 65.7 Å². The SMILES string of the molecule is CCC1(C)NC(=O)N(NC(=O)CN(Cc2ccccc2)c2ccc(C)cc2)C1=O. The second-order valence-electron chi connectivity index (χ2n) is 7.47. The molecule has 1 atom stereocenters. The number of urea groups is 1. The van der Waals surface area contributed by atoms with Crippen LogP contribution in [0, 0.1) is 6.92 Å². The number of aryl methyl sites for hydroxylation is 1. The fourth-order valence-corrected chi connectivity index (χ4v) is 3.16. The number of carbonyl (C=O) groups excluding carboxylic acids is 3. The Morgan fingerprint density at radius 1 is 1.10 bits per heavy atom. The first-order valence-corrected chi connectivity index (χ1v) is 9.64. The molecular weight excluding hydrogens is 368 g/mol. The predicted molar refractivity (Wildman–Crippen MR) is 111 cm³/mol. The topological polar surface area (TPSA) is 81.8 Å². The van der Waals surface area contributed by atoms with Crippen LogP contribution >= 0.6 is 0 Å².